The molecule has 1 atom stereocenters. The Bertz CT molecular complexity index is 563. The van der Waals surface area contributed by atoms with Crippen LogP contribution in [-0.4, -0.2) is 24.4 Å². The van der Waals surface area contributed by atoms with Crippen LogP contribution in [0.2, 0.25) is 5.02 Å². The van der Waals surface area contributed by atoms with Gasteiger partial charge in [0.1, 0.15) is 6.04 Å². The Morgan fingerprint density at radius 2 is 2.14 bits per heavy atom. The molecule has 4 nitrogen and oxygen atoms in total. The lowest BCUT2D eigenvalue weighted by molar-refractivity contribution is -0.125. The number of carbonyl (C=O) groups is 2. The number of benzene rings is 1. The summed E-state index contributed by atoms with van der Waals surface area (Å²) in [6, 6.07) is 4.97. The molecule has 1 aromatic carbocycles. The molecule has 1 aliphatic heterocycles. The molecular weight excluding hydrogens is 403 g/mol. The van der Waals surface area contributed by atoms with Crippen molar-refractivity contribution in [3.8, 4) is 0 Å². The molecule has 1 fully saturated rings. The van der Waals surface area contributed by atoms with Gasteiger partial charge in [-0.15, -0.1) is 0 Å². The highest BCUT2D eigenvalue weighted by Crippen LogP contribution is 2.28. The van der Waals surface area contributed by atoms with Crippen LogP contribution in [0.25, 0.3) is 0 Å². The summed E-state index contributed by atoms with van der Waals surface area (Å²) in [4.78, 5) is 26.3. The molecule has 1 saturated heterocycles. The number of anilines is 1. The molecule has 114 valence electrons. The fraction of sp³-hybridized carbons (Fsp3) is 0.467. The Labute approximate surface area is 143 Å². The first-order valence-corrected chi connectivity index (χ1v) is 8.40. The van der Waals surface area contributed by atoms with Crippen molar-refractivity contribution in [1.29, 1.82) is 0 Å². The molecule has 2 amide bonds. The number of nitrogens with zero attached hydrogens (tertiary/aromatic N) is 1. The number of carbonyl (C=O) groups excluding carboxylic acids is 2. The highest BCUT2D eigenvalue weighted by Gasteiger charge is 2.31. The number of rotatable bonds is 3. The van der Waals surface area contributed by atoms with Crippen LogP contribution in [0.15, 0.2) is 18.2 Å². The second kappa shape index (κ2) is 6.96. The SMILES string of the molecule is CC(C)CC1NC(=O)CCN(c2ccc(Cl)cc2I)C1=O. The van der Waals surface area contributed by atoms with E-state index in [1.807, 2.05) is 26.0 Å². The Morgan fingerprint density at radius 1 is 1.43 bits per heavy atom. The maximum absolute atomic E-state index is 12.7. The first kappa shape index (κ1) is 16.5. The Kier molecular flexibility index (Phi) is 5.48. The van der Waals surface area contributed by atoms with Crippen molar-refractivity contribution in [1.82, 2.24) is 5.32 Å². The van der Waals surface area contributed by atoms with E-state index in [0.717, 1.165) is 9.26 Å². The Morgan fingerprint density at radius 3 is 2.76 bits per heavy atom. The lowest BCUT2D eigenvalue weighted by Gasteiger charge is -2.26. The standard InChI is InChI=1S/C15H18ClIN2O2/c1-9(2)7-12-15(21)19(6-5-14(20)18-12)13-4-3-10(16)8-11(13)17/h3-4,8-9,12H,5-7H2,1-2H3,(H,18,20). The van der Waals surface area contributed by atoms with Crippen molar-refractivity contribution < 1.29 is 9.59 Å². The van der Waals surface area contributed by atoms with Gasteiger partial charge in [-0.3, -0.25) is 9.59 Å². The van der Waals surface area contributed by atoms with E-state index in [4.69, 9.17) is 11.6 Å². The van der Waals surface area contributed by atoms with Gasteiger partial charge >= 0.3 is 0 Å². The van der Waals surface area contributed by atoms with Crippen LogP contribution in [0.4, 0.5) is 5.69 Å². The van der Waals surface area contributed by atoms with Gasteiger partial charge in [0, 0.05) is 21.6 Å². The van der Waals surface area contributed by atoms with E-state index >= 15 is 0 Å². The van der Waals surface area contributed by atoms with Crippen LogP contribution in [-0.2, 0) is 9.59 Å². The van der Waals surface area contributed by atoms with E-state index in [1.54, 1.807) is 11.0 Å². The summed E-state index contributed by atoms with van der Waals surface area (Å²) in [5.41, 5.74) is 0.815. The van der Waals surface area contributed by atoms with Gasteiger partial charge in [-0.05, 0) is 53.1 Å². The predicted molar refractivity (Wildman–Crippen MR) is 92.5 cm³/mol. The van der Waals surface area contributed by atoms with Gasteiger partial charge in [0.05, 0.1) is 5.69 Å². The predicted octanol–water partition coefficient (Wildman–Crippen LogP) is 3.21. The first-order valence-electron chi connectivity index (χ1n) is 6.94. The van der Waals surface area contributed by atoms with Gasteiger partial charge in [-0.1, -0.05) is 25.4 Å². The molecule has 6 heteroatoms. The van der Waals surface area contributed by atoms with E-state index in [2.05, 4.69) is 27.9 Å². The lowest BCUT2D eigenvalue weighted by atomic mass is 10.0. The van der Waals surface area contributed by atoms with Crippen LogP contribution in [0.3, 0.4) is 0 Å². The topological polar surface area (TPSA) is 49.4 Å². The van der Waals surface area contributed by atoms with E-state index in [9.17, 15) is 9.59 Å². The molecule has 2 rings (SSSR count). The molecule has 0 bridgehead atoms. The van der Waals surface area contributed by atoms with Crippen LogP contribution >= 0.6 is 34.2 Å². The summed E-state index contributed by atoms with van der Waals surface area (Å²) < 4.78 is 0.908. The summed E-state index contributed by atoms with van der Waals surface area (Å²) in [6.07, 6.45) is 0.963. The average Bonchev–Trinajstić information content (AvgIpc) is 2.51. The summed E-state index contributed by atoms with van der Waals surface area (Å²) in [7, 11) is 0. The lowest BCUT2D eigenvalue weighted by Crippen LogP contribution is -2.45. The zero-order chi connectivity index (χ0) is 15.6. The normalized spacial score (nSPS) is 19.7. The van der Waals surface area contributed by atoms with Crippen LogP contribution in [0.1, 0.15) is 26.7 Å². The van der Waals surface area contributed by atoms with Crippen molar-refractivity contribution in [2.45, 2.75) is 32.7 Å². The molecule has 1 heterocycles. The molecule has 1 unspecified atom stereocenters. The van der Waals surface area contributed by atoms with Crippen molar-refractivity contribution in [2.75, 3.05) is 11.4 Å². The third-order valence-electron chi connectivity index (χ3n) is 3.37. The monoisotopic (exact) mass is 420 g/mol. The molecule has 0 spiro atoms. The molecule has 1 aliphatic rings. The maximum Gasteiger partial charge on any atom is 0.249 e. The third kappa shape index (κ3) is 4.10. The average molecular weight is 421 g/mol. The van der Waals surface area contributed by atoms with E-state index in [1.165, 1.54) is 0 Å². The van der Waals surface area contributed by atoms with E-state index < -0.39 is 6.04 Å². The molecule has 21 heavy (non-hydrogen) atoms. The van der Waals surface area contributed by atoms with Gasteiger partial charge in [-0.2, -0.15) is 0 Å². The van der Waals surface area contributed by atoms with Crippen LogP contribution in [0, 0.1) is 9.49 Å². The van der Waals surface area contributed by atoms with Gasteiger partial charge in [0.2, 0.25) is 11.8 Å². The summed E-state index contributed by atoms with van der Waals surface area (Å²) >= 11 is 8.14. The van der Waals surface area contributed by atoms with Crippen molar-refractivity contribution in [2.24, 2.45) is 5.92 Å². The van der Waals surface area contributed by atoms with E-state index in [-0.39, 0.29) is 11.8 Å². The summed E-state index contributed by atoms with van der Waals surface area (Å²) in [6.45, 7) is 4.48. The molecular formula is C15H18ClIN2O2. The zero-order valence-electron chi connectivity index (χ0n) is 12.0. The second-order valence-electron chi connectivity index (χ2n) is 5.59. The molecule has 0 aliphatic carbocycles. The highest BCUT2D eigenvalue weighted by atomic mass is 127. The van der Waals surface area contributed by atoms with Crippen molar-refractivity contribution >= 4 is 51.7 Å². The zero-order valence-corrected chi connectivity index (χ0v) is 14.9. The smallest absolute Gasteiger partial charge is 0.249 e. The minimum absolute atomic E-state index is 0.0465. The molecule has 0 saturated carbocycles. The molecule has 0 aromatic heterocycles. The minimum atomic E-state index is -0.452. The number of nitrogens with one attached hydrogen (secondary N) is 1. The van der Waals surface area contributed by atoms with Gasteiger partial charge < -0.3 is 10.2 Å². The minimum Gasteiger partial charge on any atom is -0.344 e. The van der Waals surface area contributed by atoms with Gasteiger partial charge in [0.15, 0.2) is 0 Å². The fourth-order valence-electron chi connectivity index (χ4n) is 2.41. The van der Waals surface area contributed by atoms with E-state index in [0.29, 0.717) is 30.3 Å². The molecule has 0 radical (unpaired) electrons. The highest BCUT2D eigenvalue weighted by molar-refractivity contribution is 14.1. The summed E-state index contributed by atoms with van der Waals surface area (Å²) in [5, 5.41) is 3.47. The fourth-order valence-corrected chi connectivity index (χ4v) is 3.57. The first-order chi connectivity index (χ1) is 9.88. The molecule has 1 N–H and O–H groups in total. The third-order valence-corrected chi connectivity index (χ3v) is 4.47. The number of amides is 2. The van der Waals surface area contributed by atoms with Crippen molar-refractivity contribution in [3.05, 3.63) is 26.8 Å². The quantitative estimate of drug-likeness (QED) is 0.764. The number of hydrogen-bond donors (Lipinski definition) is 1. The van der Waals surface area contributed by atoms with Crippen LogP contribution < -0.4 is 10.2 Å². The largest absolute Gasteiger partial charge is 0.344 e. The second-order valence-corrected chi connectivity index (χ2v) is 7.18. The molecule has 1 aromatic rings. The maximum atomic E-state index is 12.7. The van der Waals surface area contributed by atoms with Crippen molar-refractivity contribution in [3.63, 3.8) is 0 Å². The number of hydrogen-bond acceptors (Lipinski definition) is 2. The van der Waals surface area contributed by atoms with Gasteiger partial charge in [-0.25, -0.2) is 0 Å². The number of halogens is 2. The van der Waals surface area contributed by atoms with Crippen LogP contribution in [0.5, 0.6) is 0 Å². The van der Waals surface area contributed by atoms with Gasteiger partial charge in [0.25, 0.3) is 0 Å². The Balaban J connectivity index is 2.32. The summed E-state index contributed by atoms with van der Waals surface area (Å²) in [5.74, 6) is 0.221. The Hall–Kier alpha value is -0.820.